The lowest BCUT2D eigenvalue weighted by Gasteiger charge is -2.25. The third-order valence-corrected chi connectivity index (χ3v) is 3.07. The molecule has 66 valence electrons. The fourth-order valence-electron chi connectivity index (χ4n) is 1.09. The maximum absolute atomic E-state index is 10.9. The SMILES string of the molecule is CCC(CC)(CSC)C(=O)O. The number of hydrogen-bond acceptors (Lipinski definition) is 2. The third-order valence-electron chi connectivity index (χ3n) is 2.23. The number of carboxylic acids is 1. The summed E-state index contributed by atoms with van der Waals surface area (Å²) >= 11 is 1.61. The normalized spacial score (nSPS) is 11.5. The Bertz CT molecular complexity index is 130. The smallest absolute Gasteiger partial charge is 0.310 e. The van der Waals surface area contributed by atoms with Gasteiger partial charge in [-0.3, -0.25) is 4.79 Å². The zero-order valence-electron chi connectivity index (χ0n) is 7.39. The molecule has 0 aromatic carbocycles. The molecular formula is C8H16O2S. The molecule has 0 bridgehead atoms. The summed E-state index contributed by atoms with van der Waals surface area (Å²) in [7, 11) is 0. The van der Waals surface area contributed by atoms with Crippen molar-refractivity contribution in [3.63, 3.8) is 0 Å². The first-order valence-electron chi connectivity index (χ1n) is 3.85. The zero-order valence-corrected chi connectivity index (χ0v) is 8.20. The molecule has 0 aliphatic carbocycles. The van der Waals surface area contributed by atoms with Gasteiger partial charge in [0, 0.05) is 5.75 Å². The fraction of sp³-hybridized carbons (Fsp3) is 0.875. The molecule has 0 amide bonds. The first-order chi connectivity index (χ1) is 5.13. The van der Waals surface area contributed by atoms with Crippen LogP contribution in [0.1, 0.15) is 26.7 Å². The molecule has 0 spiro atoms. The zero-order chi connectivity index (χ0) is 8.91. The van der Waals surface area contributed by atoms with E-state index in [0.29, 0.717) is 0 Å². The number of carbonyl (C=O) groups is 1. The second kappa shape index (κ2) is 4.65. The fourth-order valence-corrected chi connectivity index (χ4v) is 2.18. The van der Waals surface area contributed by atoms with Crippen LogP contribution in [0, 0.1) is 5.41 Å². The highest BCUT2D eigenvalue weighted by atomic mass is 32.2. The van der Waals surface area contributed by atoms with E-state index in [1.54, 1.807) is 11.8 Å². The van der Waals surface area contributed by atoms with Crippen molar-refractivity contribution < 1.29 is 9.90 Å². The minimum atomic E-state index is -0.656. The van der Waals surface area contributed by atoms with Crippen LogP contribution in [-0.2, 0) is 4.79 Å². The van der Waals surface area contributed by atoms with Crippen LogP contribution in [0.2, 0.25) is 0 Å². The summed E-state index contributed by atoms with van der Waals surface area (Å²) in [6.45, 7) is 3.88. The number of aliphatic carboxylic acids is 1. The Morgan fingerprint density at radius 2 is 1.91 bits per heavy atom. The van der Waals surface area contributed by atoms with Gasteiger partial charge in [-0.25, -0.2) is 0 Å². The molecule has 0 atom stereocenters. The lowest BCUT2D eigenvalue weighted by molar-refractivity contribution is -0.147. The van der Waals surface area contributed by atoms with Gasteiger partial charge < -0.3 is 5.11 Å². The Hall–Kier alpha value is -0.180. The first kappa shape index (κ1) is 10.8. The molecular weight excluding hydrogens is 160 g/mol. The van der Waals surface area contributed by atoms with E-state index in [0.717, 1.165) is 18.6 Å². The molecule has 0 heterocycles. The van der Waals surface area contributed by atoms with E-state index in [1.165, 1.54) is 0 Å². The van der Waals surface area contributed by atoms with Crippen molar-refractivity contribution in [2.24, 2.45) is 5.41 Å². The highest BCUT2D eigenvalue weighted by molar-refractivity contribution is 7.98. The third kappa shape index (κ3) is 2.40. The van der Waals surface area contributed by atoms with E-state index < -0.39 is 11.4 Å². The molecule has 0 aromatic heterocycles. The van der Waals surface area contributed by atoms with Crippen LogP contribution in [-0.4, -0.2) is 23.1 Å². The lowest BCUT2D eigenvalue weighted by Crippen LogP contribution is -2.32. The van der Waals surface area contributed by atoms with E-state index in [-0.39, 0.29) is 0 Å². The Morgan fingerprint density at radius 1 is 1.45 bits per heavy atom. The average Bonchev–Trinajstić information content (AvgIpc) is 2.00. The molecule has 3 heteroatoms. The number of hydrogen-bond donors (Lipinski definition) is 1. The van der Waals surface area contributed by atoms with Crippen LogP contribution < -0.4 is 0 Å². The van der Waals surface area contributed by atoms with Gasteiger partial charge in [-0.15, -0.1) is 0 Å². The molecule has 0 rings (SSSR count). The van der Waals surface area contributed by atoms with E-state index in [2.05, 4.69) is 0 Å². The van der Waals surface area contributed by atoms with Crippen molar-refractivity contribution >= 4 is 17.7 Å². The second-order valence-corrected chi connectivity index (χ2v) is 3.59. The minimum absolute atomic E-state index is 0.487. The van der Waals surface area contributed by atoms with Crippen LogP contribution >= 0.6 is 11.8 Å². The van der Waals surface area contributed by atoms with Crippen LogP contribution in [0.5, 0.6) is 0 Å². The van der Waals surface area contributed by atoms with Gasteiger partial charge in [0.15, 0.2) is 0 Å². The Balaban J connectivity index is 4.32. The number of thioether (sulfide) groups is 1. The summed E-state index contributed by atoms with van der Waals surface area (Å²) in [5, 5.41) is 8.94. The van der Waals surface area contributed by atoms with Gasteiger partial charge >= 0.3 is 5.97 Å². The van der Waals surface area contributed by atoms with Crippen LogP contribution in [0.3, 0.4) is 0 Å². The summed E-state index contributed by atoms with van der Waals surface area (Å²) < 4.78 is 0. The van der Waals surface area contributed by atoms with Crippen LogP contribution in [0.4, 0.5) is 0 Å². The standard InChI is InChI=1S/C8H16O2S/c1-4-8(5-2,6-11-3)7(9)10/h4-6H2,1-3H3,(H,9,10). The second-order valence-electron chi connectivity index (χ2n) is 2.73. The van der Waals surface area contributed by atoms with E-state index in [4.69, 9.17) is 5.11 Å². The molecule has 0 aromatic rings. The molecule has 2 nitrogen and oxygen atoms in total. The summed E-state index contributed by atoms with van der Waals surface area (Å²) in [4.78, 5) is 10.9. The van der Waals surface area contributed by atoms with Gasteiger partial charge in [0.25, 0.3) is 0 Å². The monoisotopic (exact) mass is 176 g/mol. The summed E-state index contributed by atoms with van der Waals surface area (Å²) in [5.41, 5.74) is -0.487. The summed E-state index contributed by atoms with van der Waals surface area (Å²) in [5.74, 6) is 0.0619. The van der Waals surface area contributed by atoms with Gasteiger partial charge in [0.1, 0.15) is 0 Å². The number of carboxylic acid groups (broad SMARTS) is 1. The van der Waals surface area contributed by atoms with Gasteiger partial charge in [0.2, 0.25) is 0 Å². The van der Waals surface area contributed by atoms with Crippen molar-refractivity contribution in [2.45, 2.75) is 26.7 Å². The molecule has 0 saturated heterocycles. The largest absolute Gasteiger partial charge is 0.481 e. The summed E-state index contributed by atoms with van der Waals surface area (Å²) in [6.07, 6.45) is 3.39. The molecule has 0 aliphatic rings. The summed E-state index contributed by atoms with van der Waals surface area (Å²) in [6, 6.07) is 0. The van der Waals surface area contributed by atoms with E-state index in [9.17, 15) is 4.79 Å². The highest BCUT2D eigenvalue weighted by Gasteiger charge is 2.33. The predicted molar refractivity (Wildman–Crippen MR) is 49.0 cm³/mol. The first-order valence-corrected chi connectivity index (χ1v) is 5.24. The van der Waals surface area contributed by atoms with Gasteiger partial charge in [0.05, 0.1) is 5.41 Å². The van der Waals surface area contributed by atoms with E-state index >= 15 is 0 Å². The molecule has 0 fully saturated rings. The predicted octanol–water partition coefficient (Wildman–Crippen LogP) is 2.24. The van der Waals surface area contributed by atoms with Crippen LogP contribution in [0.15, 0.2) is 0 Å². The van der Waals surface area contributed by atoms with Crippen molar-refractivity contribution in [1.29, 1.82) is 0 Å². The Kier molecular flexibility index (Phi) is 4.57. The Morgan fingerprint density at radius 3 is 2.00 bits per heavy atom. The van der Waals surface area contributed by atoms with Crippen LogP contribution in [0.25, 0.3) is 0 Å². The van der Waals surface area contributed by atoms with Crippen molar-refractivity contribution in [1.82, 2.24) is 0 Å². The molecule has 0 radical (unpaired) electrons. The maximum atomic E-state index is 10.9. The molecule has 11 heavy (non-hydrogen) atoms. The minimum Gasteiger partial charge on any atom is -0.481 e. The molecule has 1 N–H and O–H groups in total. The molecule has 0 unspecified atom stereocenters. The number of rotatable bonds is 5. The van der Waals surface area contributed by atoms with Crippen molar-refractivity contribution in [3.8, 4) is 0 Å². The van der Waals surface area contributed by atoms with Crippen molar-refractivity contribution in [3.05, 3.63) is 0 Å². The van der Waals surface area contributed by atoms with Crippen molar-refractivity contribution in [2.75, 3.05) is 12.0 Å². The molecule has 0 saturated carbocycles. The maximum Gasteiger partial charge on any atom is 0.310 e. The average molecular weight is 176 g/mol. The quantitative estimate of drug-likeness (QED) is 0.698. The topological polar surface area (TPSA) is 37.3 Å². The van der Waals surface area contributed by atoms with Gasteiger partial charge in [-0.05, 0) is 19.1 Å². The molecule has 0 aliphatic heterocycles. The van der Waals surface area contributed by atoms with E-state index in [1.807, 2.05) is 20.1 Å². The van der Waals surface area contributed by atoms with Gasteiger partial charge in [-0.1, -0.05) is 13.8 Å². The van der Waals surface area contributed by atoms with Gasteiger partial charge in [-0.2, -0.15) is 11.8 Å². The Labute approximate surface area is 72.4 Å². The lowest BCUT2D eigenvalue weighted by atomic mass is 9.85. The highest BCUT2D eigenvalue weighted by Crippen LogP contribution is 2.29.